The lowest BCUT2D eigenvalue weighted by Gasteiger charge is -2.34. The molecule has 5 nitrogen and oxygen atoms in total. The standard InChI is InChI=1S/C16H26N4O/c17-10-9-16(21)19-18-13-14-5-4-6-15(8-7-14)20-11-2-1-3-12-20/h13-15H,1-9,11-12H2,(H,19,21)/b18-13-/t14-,15+/m1/s1. The molecule has 0 unspecified atom stereocenters. The van der Waals surface area contributed by atoms with Gasteiger partial charge >= 0.3 is 0 Å². The molecule has 2 aliphatic rings. The Morgan fingerprint density at radius 3 is 2.76 bits per heavy atom. The predicted molar refractivity (Wildman–Crippen MR) is 82.7 cm³/mol. The summed E-state index contributed by atoms with van der Waals surface area (Å²) >= 11 is 0. The van der Waals surface area contributed by atoms with Crippen molar-refractivity contribution in [2.45, 2.75) is 63.8 Å². The van der Waals surface area contributed by atoms with E-state index < -0.39 is 0 Å². The van der Waals surface area contributed by atoms with Crippen LogP contribution >= 0.6 is 0 Å². The molecule has 1 N–H and O–H groups in total. The van der Waals surface area contributed by atoms with Crippen LogP contribution in [0.15, 0.2) is 5.10 Å². The van der Waals surface area contributed by atoms with Crippen molar-refractivity contribution in [3.63, 3.8) is 0 Å². The van der Waals surface area contributed by atoms with Crippen LogP contribution in [0.4, 0.5) is 0 Å². The largest absolute Gasteiger partial charge is 0.300 e. The first-order chi connectivity index (χ1) is 10.3. The molecule has 1 aliphatic carbocycles. The van der Waals surface area contributed by atoms with E-state index in [1.165, 1.54) is 51.6 Å². The second kappa shape index (κ2) is 8.78. The Hall–Kier alpha value is -1.41. The molecule has 1 heterocycles. The number of hydrogen-bond donors (Lipinski definition) is 1. The van der Waals surface area contributed by atoms with Gasteiger partial charge in [-0.2, -0.15) is 10.4 Å². The Morgan fingerprint density at radius 2 is 2.00 bits per heavy atom. The quantitative estimate of drug-likeness (QED) is 0.491. The van der Waals surface area contributed by atoms with Crippen molar-refractivity contribution in [3.05, 3.63) is 0 Å². The maximum atomic E-state index is 11.2. The first kappa shape index (κ1) is 16.0. The number of hydrogen-bond acceptors (Lipinski definition) is 4. The second-order valence-electron chi connectivity index (χ2n) is 6.17. The lowest BCUT2D eigenvalue weighted by molar-refractivity contribution is -0.120. The molecule has 0 aromatic heterocycles. The smallest absolute Gasteiger partial charge is 0.254 e. The van der Waals surface area contributed by atoms with E-state index in [4.69, 9.17) is 5.26 Å². The monoisotopic (exact) mass is 290 g/mol. The summed E-state index contributed by atoms with van der Waals surface area (Å²) in [5.41, 5.74) is 2.42. The molecule has 0 aromatic rings. The number of nitriles is 1. The fraction of sp³-hybridized carbons (Fsp3) is 0.812. The molecule has 0 spiro atoms. The Balaban J connectivity index is 1.74. The van der Waals surface area contributed by atoms with Gasteiger partial charge in [-0.25, -0.2) is 5.43 Å². The minimum absolute atomic E-state index is 0.126. The molecule has 2 atom stereocenters. The van der Waals surface area contributed by atoms with Crippen molar-refractivity contribution in [2.75, 3.05) is 13.1 Å². The van der Waals surface area contributed by atoms with Gasteiger partial charge in [0.05, 0.1) is 6.07 Å². The third kappa shape index (κ3) is 5.47. The molecular weight excluding hydrogens is 264 g/mol. The van der Waals surface area contributed by atoms with E-state index in [1.807, 2.05) is 12.3 Å². The number of likely N-dealkylation sites (tertiary alicyclic amines) is 1. The van der Waals surface area contributed by atoms with E-state index in [-0.39, 0.29) is 12.3 Å². The molecule has 2 fully saturated rings. The summed E-state index contributed by atoms with van der Waals surface area (Å²) in [6, 6.07) is 2.56. The Kier molecular flexibility index (Phi) is 6.68. The summed E-state index contributed by atoms with van der Waals surface area (Å²) in [5.74, 6) is 0.135. The van der Waals surface area contributed by atoms with Crippen molar-refractivity contribution in [1.29, 1.82) is 5.26 Å². The van der Waals surface area contributed by atoms with Gasteiger partial charge in [-0.05, 0) is 57.5 Å². The van der Waals surface area contributed by atoms with Crippen LogP contribution in [-0.2, 0) is 4.79 Å². The average Bonchev–Trinajstić information content (AvgIpc) is 2.74. The number of piperidine rings is 1. The zero-order chi connectivity index (χ0) is 14.9. The maximum Gasteiger partial charge on any atom is 0.254 e. The van der Waals surface area contributed by atoms with Crippen molar-refractivity contribution in [2.24, 2.45) is 11.0 Å². The average molecular weight is 290 g/mol. The molecule has 5 heteroatoms. The fourth-order valence-corrected chi connectivity index (χ4v) is 3.43. The highest BCUT2D eigenvalue weighted by Gasteiger charge is 2.24. The van der Waals surface area contributed by atoms with Crippen LogP contribution < -0.4 is 5.43 Å². The number of hydrazone groups is 1. The molecular formula is C16H26N4O. The zero-order valence-electron chi connectivity index (χ0n) is 12.8. The van der Waals surface area contributed by atoms with Gasteiger partial charge in [-0.3, -0.25) is 4.79 Å². The van der Waals surface area contributed by atoms with E-state index in [9.17, 15) is 4.79 Å². The summed E-state index contributed by atoms with van der Waals surface area (Å²) in [6.45, 7) is 2.54. The molecule has 1 amide bonds. The summed E-state index contributed by atoms with van der Waals surface area (Å²) in [4.78, 5) is 13.8. The van der Waals surface area contributed by atoms with Gasteiger partial charge in [0.1, 0.15) is 6.42 Å². The minimum atomic E-state index is -0.325. The maximum absolute atomic E-state index is 11.2. The van der Waals surface area contributed by atoms with E-state index in [0.717, 1.165) is 18.9 Å². The van der Waals surface area contributed by atoms with Crippen LogP contribution in [0.3, 0.4) is 0 Å². The topological polar surface area (TPSA) is 68.5 Å². The number of carbonyl (C=O) groups is 1. The lowest BCUT2D eigenvalue weighted by Crippen LogP contribution is -2.38. The van der Waals surface area contributed by atoms with Crippen LogP contribution in [0.2, 0.25) is 0 Å². The molecule has 116 valence electrons. The van der Waals surface area contributed by atoms with Gasteiger partial charge in [-0.1, -0.05) is 12.8 Å². The van der Waals surface area contributed by atoms with E-state index in [1.54, 1.807) is 0 Å². The van der Waals surface area contributed by atoms with Crippen LogP contribution in [-0.4, -0.2) is 36.2 Å². The normalized spacial score (nSPS) is 28.0. The molecule has 1 saturated carbocycles. The van der Waals surface area contributed by atoms with E-state index in [0.29, 0.717) is 5.92 Å². The zero-order valence-corrected chi connectivity index (χ0v) is 12.8. The molecule has 0 radical (unpaired) electrons. The second-order valence-corrected chi connectivity index (χ2v) is 6.17. The van der Waals surface area contributed by atoms with Crippen molar-refractivity contribution in [1.82, 2.24) is 10.3 Å². The van der Waals surface area contributed by atoms with Crippen LogP contribution in [0.25, 0.3) is 0 Å². The minimum Gasteiger partial charge on any atom is -0.300 e. The van der Waals surface area contributed by atoms with Crippen molar-refractivity contribution in [3.8, 4) is 6.07 Å². The summed E-state index contributed by atoms with van der Waals surface area (Å²) in [6.07, 6.45) is 11.9. The number of carbonyl (C=O) groups excluding carboxylic acids is 1. The van der Waals surface area contributed by atoms with Gasteiger partial charge in [0.15, 0.2) is 0 Å². The van der Waals surface area contributed by atoms with Crippen molar-refractivity contribution < 1.29 is 4.79 Å². The van der Waals surface area contributed by atoms with Crippen LogP contribution in [0.5, 0.6) is 0 Å². The number of nitrogens with zero attached hydrogens (tertiary/aromatic N) is 3. The Morgan fingerprint density at radius 1 is 1.19 bits per heavy atom. The first-order valence-electron chi connectivity index (χ1n) is 8.22. The third-order valence-corrected chi connectivity index (χ3v) is 4.60. The number of rotatable bonds is 4. The van der Waals surface area contributed by atoms with Gasteiger partial charge in [0, 0.05) is 12.3 Å². The SMILES string of the molecule is N#CCC(=O)N/N=C\[C@@H]1CCC[C@H](N2CCCCC2)CC1. The molecule has 2 rings (SSSR count). The van der Waals surface area contributed by atoms with Crippen LogP contribution in [0.1, 0.15) is 57.8 Å². The highest BCUT2D eigenvalue weighted by molar-refractivity contribution is 5.78. The van der Waals surface area contributed by atoms with Gasteiger partial charge in [0.25, 0.3) is 5.91 Å². The van der Waals surface area contributed by atoms with Gasteiger partial charge < -0.3 is 4.90 Å². The number of amides is 1. The third-order valence-electron chi connectivity index (χ3n) is 4.60. The molecule has 0 aromatic carbocycles. The lowest BCUT2D eigenvalue weighted by atomic mass is 10.0. The predicted octanol–water partition coefficient (Wildman–Crippen LogP) is 2.44. The fourth-order valence-electron chi connectivity index (χ4n) is 3.43. The Labute approximate surface area is 127 Å². The van der Waals surface area contributed by atoms with E-state index >= 15 is 0 Å². The molecule has 1 saturated heterocycles. The Bertz CT molecular complexity index is 396. The summed E-state index contributed by atoms with van der Waals surface area (Å²) in [5, 5.41) is 12.4. The summed E-state index contributed by atoms with van der Waals surface area (Å²) in [7, 11) is 0. The van der Waals surface area contributed by atoms with Gasteiger partial charge in [0.2, 0.25) is 0 Å². The first-order valence-corrected chi connectivity index (χ1v) is 8.22. The van der Waals surface area contributed by atoms with Crippen LogP contribution in [0, 0.1) is 17.2 Å². The van der Waals surface area contributed by atoms with Gasteiger partial charge in [-0.15, -0.1) is 0 Å². The van der Waals surface area contributed by atoms with E-state index in [2.05, 4.69) is 15.4 Å². The number of nitrogens with one attached hydrogen (secondary N) is 1. The summed E-state index contributed by atoms with van der Waals surface area (Å²) < 4.78 is 0. The highest BCUT2D eigenvalue weighted by Crippen LogP contribution is 2.27. The van der Waals surface area contributed by atoms with Crippen molar-refractivity contribution >= 4 is 12.1 Å². The molecule has 21 heavy (non-hydrogen) atoms. The molecule has 0 bridgehead atoms. The highest BCUT2D eigenvalue weighted by atomic mass is 16.2. The molecule has 1 aliphatic heterocycles.